The highest BCUT2D eigenvalue weighted by molar-refractivity contribution is 5.01. The van der Waals surface area contributed by atoms with Gasteiger partial charge in [-0.15, -0.1) is 0 Å². The summed E-state index contributed by atoms with van der Waals surface area (Å²) in [4.78, 5) is 2.63. The lowest BCUT2D eigenvalue weighted by Crippen LogP contribution is -2.51. The van der Waals surface area contributed by atoms with Gasteiger partial charge >= 0.3 is 0 Å². The molecule has 0 bridgehead atoms. The van der Waals surface area contributed by atoms with Gasteiger partial charge in [0.05, 0.1) is 12.2 Å². The fourth-order valence-corrected chi connectivity index (χ4v) is 4.67. The van der Waals surface area contributed by atoms with E-state index in [1.54, 1.807) is 0 Å². The molecule has 0 radical (unpaired) electrons. The molecule has 3 heteroatoms. The minimum atomic E-state index is -0.0668. The van der Waals surface area contributed by atoms with Gasteiger partial charge in [0.1, 0.15) is 0 Å². The highest BCUT2D eigenvalue weighted by atomic mass is 16.5. The number of aliphatic hydroxyl groups excluding tert-OH is 1. The van der Waals surface area contributed by atoms with Gasteiger partial charge in [0.2, 0.25) is 0 Å². The summed E-state index contributed by atoms with van der Waals surface area (Å²) in [6.45, 7) is 2.24. The summed E-state index contributed by atoms with van der Waals surface area (Å²) in [7, 11) is 1.83. The third kappa shape index (κ3) is 2.21. The predicted molar refractivity (Wildman–Crippen MR) is 71.5 cm³/mol. The van der Waals surface area contributed by atoms with Gasteiger partial charge in [-0.1, -0.05) is 12.8 Å². The largest absolute Gasteiger partial charge is 0.393 e. The van der Waals surface area contributed by atoms with Crippen LogP contribution in [0, 0.1) is 5.41 Å². The van der Waals surface area contributed by atoms with Gasteiger partial charge in [-0.25, -0.2) is 0 Å². The van der Waals surface area contributed by atoms with Crippen molar-refractivity contribution in [3.8, 4) is 0 Å². The number of rotatable bonds is 2. The molecule has 3 unspecified atom stereocenters. The van der Waals surface area contributed by atoms with Crippen LogP contribution >= 0.6 is 0 Å². The van der Waals surface area contributed by atoms with E-state index in [2.05, 4.69) is 4.90 Å². The van der Waals surface area contributed by atoms with Gasteiger partial charge in [0, 0.05) is 26.2 Å². The molecule has 1 heterocycles. The van der Waals surface area contributed by atoms with Gasteiger partial charge in [0.25, 0.3) is 0 Å². The highest BCUT2D eigenvalue weighted by Crippen LogP contribution is 2.51. The maximum Gasteiger partial charge on any atom is 0.0710 e. The maximum absolute atomic E-state index is 10.0. The van der Waals surface area contributed by atoms with E-state index in [9.17, 15) is 5.11 Å². The second-order valence-electron chi connectivity index (χ2n) is 6.65. The Balaban J connectivity index is 1.74. The third-order valence-corrected chi connectivity index (χ3v) is 5.73. The molecule has 104 valence electrons. The average molecular weight is 253 g/mol. The van der Waals surface area contributed by atoms with Crippen molar-refractivity contribution in [1.82, 2.24) is 4.90 Å². The summed E-state index contributed by atoms with van der Waals surface area (Å²) in [5.74, 6) is 0. The summed E-state index contributed by atoms with van der Waals surface area (Å²) in [5.41, 5.74) is 0.530. The Kier molecular flexibility index (Phi) is 3.65. The first-order valence-corrected chi connectivity index (χ1v) is 7.68. The van der Waals surface area contributed by atoms with Crippen LogP contribution < -0.4 is 0 Å². The van der Waals surface area contributed by atoms with Crippen LogP contribution in [-0.4, -0.2) is 48.5 Å². The van der Waals surface area contributed by atoms with Gasteiger partial charge in [-0.05, 0) is 43.9 Å². The summed E-state index contributed by atoms with van der Waals surface area (Å²) < 4.78 is 5.51. The number of hydrogen-bond acceptors (Lipinski definition) is 3. The van der Waals surface area contributed by atoms with E-state index >= 15 is 0 Å². The lowest BCUT2D eigenvalue weighted by molar-refractivity contribution is -0.0232. The first kappa shape index (κ1) is 12.9. The quantitative estimate of drug-likeness (QED) is 0.819. The number of nitrogens with zero attached hydrogens (tertiary/aromatic N) is 1. The van der Waals surface area contributed by atoms with Crippen molar-refractivity contribution in [3.63, 3.8) is 0 Å². The fourth-order valence-electron chi connectivity index (χ4n) is 4.67. The van der Waals surface area contributed by atoms with Gasteiger partial charge in [-0.3, -0.25) is 4.90 Å². The van der Waals surface area contributed by atoms with Gasteiger partial charge in [-0.2, -0.15) is 0 Å². The van der Waals surface area contributed by atoms with Gasteiger partial charge < -0.3 is 9.84 Å². The van der Waals surface area contributed by atoms with Crippen molar-refractivity contribution < 1.29 is 9.84 Å². The van der Waals surface area contributed by atoms with Crippen molar-refractivity contribution in [1.29, 1.82) is 0 Å². The van der Waals surface area contributed by atoms with Crippen LogP contribution in [0.4, 0.5) is 0 Å². The van der Waals surface area contributed by atoms with E-state index in [1.807, 2.05) is 7.11 Å². The molecule has 3 rings (SSSR count). The van der Waals surface area contributed by atoms with E-state index in [1.165, 1.54) is 38.5 Å². The van der Waals surface area contributed by atoms with Crippen molar-refractivity contribution >= 4 is 0 Å². The molecule has 1 N–H and O–H groups in total. The molecule has 1 aliphatic heterocycles. The summed E-state index contributed by atoms with van der Waals surface area (Å²) in [6, 6.07) is 0.615. The number of likely N-dealkylation sites (tertiary alicyclic amines) is 1. The molecule has 2 saturated carbocycles. The van der Waals surface area contributed by atoms with Crippen LogP contribution in [0.2, 0.25) is 0 Å². The minimum Gasteiger partial charge on any atom is -0.393 e. The predicted octanol–water partition coefficient (Wildman–Crippen LogP) is 2.18. The Morgan fingerprint density at radius 1 is 1.17 bits per heavy atom. The Morgan fingerprint density at radius 3 is 2.61 bits per heavy atom. The smallest absolute Gasteiger partial charge is 0.0710 e. The topological polar surface area (TPSA) is 32.7 Å². The van der Waals surface area contributed by atoms with E-state index in [-0.39, 0.29) is 6.10 Å². The SMILES string of the molecule is COC1CCN(C2CC(O)CCC23CCCC3)C1. The molecule has 1 saturated heterocycles. The van der Waals surface area contributed by atoms with E-state index in [4.69, 9.17) is 4.74 Å². The lowest BCUT2D eigenvalue weighted by Gasteiger charge is -2.47. The zero-order chi connectivity index (χ0) is 12.6. The molecule has 0 amide bonds. The first-order chi connectivity index (χ1) is 8.73. The molecule has 3 nitrogen and oxygen atoms in total. The van der Waals surface area contributed by atoms with Crippen LogP contribution in [0.1, 0.15) is 51.4 Å². The molecular formula is C15H27NO2. The van der Waals surface area contributed by atoms with Crippen LogP contribution in [0.5, 0.6) is 0 Å². The second kappa shape index (κ2) is 5.10. The molecule has 2 aliphatic carbocycles. The van der Waals surface area contributed by atoms with Crippen molar-refractivity contribution in [2.24, 2.45) is 5.41 Å². The second-order valence-corrected chi connectivity index (χ2v) is 6.65. The monoisotopic (exact) mass is 253 g/mol. The zero-order valence-corrected chi connectivity index (χ0v) is 11.6. The molecule has 18 heavy (non-hydrogen) atoms. The van der Waals surface area contributed by atoms with Crippen LogP contribution in [0.15, 0.2) is 0 Å². The van der Waals surface area contributed by atoms with Crippen LogP contribution in [-0.2, 0) is 4.74 Å². The Morgan fingerprint density at radius 2 is 1.94 bits per heavy atom. The molecular weight excluding hydrogens is 226 g/mol. The lowest BCUT2D eigenvalue weighted by atomic mass is 9.67. The van der Waals surface area contributed by atoms with Crippen LogP contribution in [0.3, 0.4) is 0 Å². The number of methoxy groups -OCH3 is 1. The maximum atomic E-state index is 10.0. The summed E-state index contributed by atoms with van der Waals surface area (Å²) in [6.07, 6.45) is 10.4. The minimum absolute atomic E-state index is 0.0668. The summed E-state index contributed by atoms with van der Waals surface area (Å²) >= 11 is 0. The van der Waals surface area contributed by atoms with Crippen LogP contribution in [0.25, 0.3) is 0 Å². The standard InChI is InChI=1S/C15H27NO2/c1-18-13-5-9-16(11-13)14-10-12(17)4-8-15(14)6-2-3-7-15/h12-14,17H,2-11H2,1H3. The Hall–Kier alpha value is -0.120. The molecule has 3 atom stereocenters. The first-order valence-electron chi connectivity index (χ1n) is 7.68. The molecule has 0 aromatic rings. The fraction of sp³-hybridized carbons (Fsp3) is 1.00. The average Bonchev–Trinajstić information content (AvgIpc) is 3.03. The zero-order valence-electron chi connectivity index (χ0n) is 11.6. The number of aliphatic hydroxyl groups is 1. The molecule has 3 aliphatic rings. The van der Waals surface area contributed by atoms with Crippen molar-refractivity contribution in [3.05, 3.63) is 0 Å². The summed E-state index contributed by atoms with van der Waals surface area (Å²) in [5, 5.41) is 10.0. The molecule has 0 aromatic heterocycles. The normalized spacial score (nSPS) is 40.7. The van der Waals surface area contributed by atoms with E-state index < -0.39 is 0 Å². The third-order valence-electron chi connectivity index (χ3n) is 5.73. The molecule has 3 fully saturated rings. The molecule has 0 aromatic carbocycles. The Labute approximate surface area is 110 Å². The van der Waals surface area contributed by atoms with E-state index in [0.717, 1.165) is 25.9 Å². The highest BCUT2D eigenvalue weighted by Gasteiger charge is 2.48. The number of hydrogen-bond donors (Lipinski definition) is 1. The molecule has 1 spiro atoms. The number of ether oxygens (including phenoxy) is 1. The Bertz CT molecular complexity index is 288. The van der Waals surface area contributed by atoms with E-state index in [0.29, 0.717) is 17.6 Å². The van der Waals surface area contributed by atoms with Crippen molar-refractivity contribution in [2.75, 3.05) is 20.2 Å². The van der Waals surface area contributed by atoms with Crippen molar-refractivity contribution in [2.45, 2.75) is 69.6 Å². The van der Waals surface area contributed by atoms with Gasteiger partial charge in [0.15, 0.2) is 0 Å².